The highest BCUT2D eigenvalue weighted by Crippen LogP contribution is 2.04. The Bertz CT molecular complexity index is 299. The molecule has 0 saturated carbocycles. The van der Waals surface area contributed by atoms with Crippen LogP contribution in [-0.4, -0.2) is 40.7 Å². The van der Waals surface area contributed by atoms with Crippen LogP contribution in [0, 0.1) is 6.92 Å². The molecule has 0 amide bonds. The van der Waals surface area contributed by atoms with Crippen molar-refractivity contribution >= 4 is 0 Å². The summed E-state index contributed by atoms with van der Waals surface area (Å²) in [4.78, 5) is 6.53. The van der Waals surface area contributed by atoms with Crippen molar-refractivity contribution in [2.75, 3.05) is 19.6 Å². The monoisotopic (exact) mass is 196 g/mol. The number of aromatic nitrogens is 2. The Morgan fingerprint density at radius 3 is 3.14 bits per heavy atom. The van der Waals surface area contributed by atoms with Gasteiger partial charge in [-0.15, -0.1) is 0 Å². The molecule has 1 aromatic rings. The molecule has 1 aliphatic heterocycles. The lowest BCUT2D eigenvalue weighted by molar-refractivity contribution is 0.193. The summed E-state index contributed by atoms with van der Waals surface area (Å²) in [5, 5.41) is 7.28. The van der Waals surface area contributed by atoms with Crippen LogP contribution < -0.4 is 5.32 Å². The molecule has 5 heteroatoms. The van der Waals surface area contributed by atoms with Gasteiger partial charge in [0.2, 0.25) is 5.89 Å². The van der Waals surface area contributed by atoms with E-state index >= 15 is 0 Å². The molecule has 78 valence electrons. The number of hydrogen-bond acceptors (Lipinski definition) is 5. The summed E-state index contributed by atoms with van der Waals surface area (Å²) in [6, 6.07) is 0.553. The maximum atomic E-state index is 4.93. The Balaban J connectivity index is 1.90. The van der Waals surface area contributed by atoms with E-state index in [4.69, 9.17) is 4.52 Å². The molecule has 0 spiro atoms. The van der Waals surface area contributed by atoms with Crippen LogP contribution in [0.5, 0.6) is 0 Å². The third-order valence-corrected chi connectivity index (χ3v) is 2.39. The van der Waals surface area contributed by atoms with E-state index in [0.717, 1.165) is 32.0 Å². The second kappa shape index (κ2) is 4.06. The maximum Gasteiger partial charge on any atom is 0.223 e. The van der Waals surface area contributed by atoms with Crippen molar-refractivity contribution in [1.82, 2.24) is 20.4 Å². The molecule has 1 N–H and O–H groups in total. The molecule has 1 atom stereocenters. The number of piperazine rings is 1. The van der Waals surface area contributed by atoms with Gasteiger partial charge in [0, 0.05) is 32.6 Å². The molecule has 1 fully saturated rings. The first kappa shape index (κ1) is 9.61. The van der Waals surface area contributed by atoms with Gasteiger partial charge in [-0.3, -0.25) is 4.90 Å². The summed E-state index contributed by atoms with van der Waals surface area (Å²) >= 11 is 0. The van der Waals surface area contributed by atoms with Crippen molar-refractivity contribution < 1.29 is 4.52 Å². The van der Waals surface area contributed by atoms with Crippen LogP contribution in [0.25, 0.3) is 0 Å². The minimum atomic E-state index is 0.553. The molecule has 2 heterocycles. The van der Waals surface area contributed by atoms with Gasteiger partial charge in [0.25, 0.3) is 0 Å². The second-order valence-electron chi connectivity index (χ2n) is 3.82. The first-order valence-electron chi connectivity index (χ1n) is 4.99. The van der Waals surface area contributed by atoms with Gasteiger partial charge in [0.15, 0.2) is 5.82 Å². The van der Waals surface area contributed by atoms with Crippen molar-refractivity contribution in [3.8, 4) is 0 Å². The maximum absolute atomic E-state index is 4.93. The lowest BCUT2D eigenvalue weighted by atomic mass is 10.2. The quantitative estimate of drug-likeness (QED) is 0.731. The first-order chi connectivity index (χ1) is 6.74. The number of rotatable bonds is 2. The molecular formula is C9H16N4O. The zero-order valence-corrected chi connectivity index (χ0v) is 8.66. The molecule has 5 nitrogen and oxygen atoms in total. The van der Waals surface area contributed by atoms with Crippen LogP contribution in [0.4, 0.5) is 0 Å². The Morgan fingerprint density at radius 1 is 1.64 bits per heavy atom. The highest BCUT2D eigenvalue weighted by atomic mass is 16.5. The molecule has 0 aliphatic carbocycles. The highest BCUT2D eigenvalue weighted by molar-refractivity contribution is 4.86. The van der Waals surface area contributed by atoms with Gasteiger partial charge in [-0.1, -0.05) is 5.16 Å². The topological polar surface area (TPSA) is 54.2 Å². The lowest BCUT2D eigenvalue weighted by Gasteiger charge is -2.30. The number of hydrogen-bond donors (Lipinski definition) is 1. The van der Waals surface area contributed by atoms with Gasteiger partial charge in [-0.25, -0.2) is 0 Å². The summed E-state index contributed by atoms with van der Waals surface area (Å²) in [7, 11) is 0. The minimum absolute atomic E-state index is 0.553. The van der Waals surface area contributed by atoms with E-state index < -0.39 is 0 Å². The van der Waals surface area contributed by atoms with E-state index in [1.807, 2.05) is 6.92 Å². The van der Waals surface area contributed by atoms with Crippen LogP contribution in [-0.2, 0) is 6.54 Å². The molecule has 1 aromatic heterocycles. The summed E-state index contributed by atoms with van der Waals surface area (Å²) in [6.07, 6.45) is 0. The van der Waals surface area contributed by atoms with Crippen LogP contribution in [0.15, 0.2) is 4.52 Å². The number of nitrogens with zero attached hydrogens (tertiary/aromatic N) is 3. The summed E-state index contributed by atoms with van der Waals surface area (Å²) in [6.45, 7) is 7.94. The second-order valence-corrected chi connectivity index (χ2v) is 3.82. The predicted octanol–water partition coefficient (Wildman–Crippen LogP) is 0.172. The zero-order valence-electron chi connectivity index (χ0n) is 8.66. The van der Waals surface area contributed by atoms with Crippen molar-refractivity contribution in [1.29, 1.82) is 0 Å². The van der Waals surface area contributed by atoms with E-state index in [1.165, 1.54) is 0 Å². The average Bonchev–Trinajstić information content (AvgIpc) is 2.51. The molecule has 1 saturated heterocycles. The molecular weight excluding hydrogens is 180 g/mol. The van der Waals surface area contributed by atoms with E-state index in [1.54, 1.807) is 0 Å². The predicted molar refractivity (Wildman–Crippen MR) is 51.8 cm³/mol. The lowest BCUT2D eigenvalue weighted by Crippen LogP contribution is -2.48. The van der Waals surface area contributed by atoms with Crippen molar-refractivity contribution in [2.45, 2.75) is 26.4 Å². The van der Waals surface area contributed by atoms with Crippen LogP contribution in [0.2, 0.25) is 0 Å². The zero-order chi connectivity index (χ0) is 9.97. The van der Waals surface area contributed by atoms with Gasteiger partial charge in [0.05, 0.1) is 6.54 Å². The first-order valence-corrected chi connectivity index (χ1v) is 4.99. The van der Waals surface area contributed by atoms with E-state index in [-0.39, 0.29) is 0 Å². The summed E-state index contributed by atoms with van der Waals surface area (Å²) in [5.41, 5.74) is 0. The Labute approximate surface area is 83.5 Å². The Hall–Kier alpha value is -0.940. The van der Waals surface area contributed by atoms with Gasteiger partial charge in [-0.2, -0.15) is 4.98 Å². The van der Waals surface area contributed by atoms with Gasteiger partial charge in [0.1, 0.15) is 0 Å². The fourth-order valence-electron chi connectivity index (χ4n) is 1.76. The van der Waals surface area contributed by atoms with Crippen molar-refractivity contribution in [2.24, 2.45) is 0 Å². The summed E-state index contributed by atoms with van der Waals surface area (Å²) < 4.78 is 4.93. The fourth-order valence-corrected chi connectivity index (χ4v) is 1.76. The summed E-state index contributed by atoms with van der Waals surface area (Å²) in [5.74, 6) is 1.43. The highest BCUT2D eigenvalue weighted by Gasteiger charge is 2.17. The van der Waals surface area contributed by atoms with Crippen LogP contribution in [0.3, 0.4) is 0 Å². The molecule has 0 unspecified atom stereocenters. The number of nitrogens with one attached hydrogen (secondary N) is 1. The SMILES string of the molecule is Cc1nc(CN2CCN[C@@H](C)C2)no1. The molecule has 0 bridgehead atoms. The third kappa shape index (κ3) is 2.30. The minimum Gasteiger partial charge on any atom is -0.340 e. The van der Waals surface area contributed by atoms with Crippen LogP contribution in [0.1, 0.15) is 18.6 Å². The van der Waals surface area contributed by atoms with E-state index in [9.17, 15) is 0 Å². The molecule has 0 radical (unpaired) electrons. The normalized spacial score (nSPS) is 24.0. The van der Waals surface area contributed by atoms with E-state index in [0.29, 0.717) is 11.9 Å². The molecule has 2 rings (SSSR count). The van der Waals surface area contributed by atoms with Crippen molar-refractivity contribution in [3.05, 3.63) is 11.7 Å². The number of aryl methyl sites for hydroxylation is 1. The third-order valence-electron chi connectivity index (χ3n) is 2.39. The average molecular weight is 196 g/mol. The van der Waals surface area contributed by atoms with Gasteiger partial charge >= 0.3 is 0 Å². The van der Waals surface area contributed by atoms with Crippen molar-refractivity contribution in [3.63, 3.8) is 0 Å². The Morgan fingerprint density at radius 2 is 2.50 bits per heavy atom. The van der Waals surface area contributed by atoms with Gasteiger partial charge in [-0.05, 0) is 6.92 Å². The molecule has 0 aromatic carbocycles. The largest absolute Gasteiger partial charge is 0.340 e. The standard InChI is InChI=1S/C9H16N4O/c1-7-5-13(4-3-10-7)6-9-11-8(2)14-12-9/h7,10H,3-6H2,1-2H3/t7-/m0/s1. The smallest absolute Gasteiger partial charge is 0.223 e. The molecule has 1 aliphatic rings. The molecule has 14 heavy (non-hydrogen) atoms. The van der Waals surface area contributed by atoms with Crippen LogP contribution >= 0.6 is 0 Å². The fraction of sp³-hybridized carbons (Fsp3) is 0.778. The Kier molecular flexibility index (Phi) is 2.79. The van der Waals surface area contributed by atoms with Gasteiger partial charge < -0.3 is 9.84 Å². The van der Waals surface area contributed by atoms with E-state index in [2.05, 4.69) is 27.3 Å².